The van der Waals surface area contributed by atoms with E-state index in [4.69, 9.17) is 6.58 Å². The molecule has 1 nitrogen and oxygen atoms in total. The third-order valence-corrected chi connectivity index (χ3v) is 0.744. The fourth-order valence-electron chi connectivity index (χ4n) is 0.400. The van der Waals surface area contributed by atoms with Gasteiger partial charge >= 0.3 is 0 Å². The molecule has 1 heterocycles. The first-order chi connectivity index (χ1) is 3.39. The minimum atomic E-state index is 0.791. The third-order valence-electron chi connectivity index (χ3n) is 0.744. The van der Waals surface area contributed by atoms with Crippen molar-refractivity contribution in [2.75, 3.05) is 0 Å². The summed E-state index contributed by atoms with van der Waals surface area (Å²) in [4.78, 5) is 0. The van der Waals surface area contributed by atoms with Crippen LogP contribution in [0.4, 0.5) is 0 Å². The van der Waals surface area contributed by atoms with E-state index >= 15 is 0 Å². The maximum Gasteiger partial charge on any atom is 0.183 e. The van der Waals surface area contributed by atoms with Crippen molar-refractivity contribution in [1.82, 2.24) is 5.32 Å². The van der Waals surface area contributed by atoms with Crippen LogP contribution >= 0.6 is 0 Å². The number of allylic oxidation sites excluding steroid dienone is 3. The minimum absolute atomic E-state index is 0.791. The molecule has 0 aromatic carbocycles. The van der Waals surface area contributed by atoms with Crippen molar-refractivity contribution in [3.05, 3.63) is 36.7 Å². The van der Waals surface area contributed by atoms with Gasteiger partial charge < -0.3 is 5.32 Å². The van der Waals surface area contributed by atoms with Crippen molar-refractivity contribution in [3.8, 4) is 0 Å². The summed E-state index contributed by atoms with van der Waals surface area (Å²) in [6.45, 7) is 5.34. The van der Waals surface area contributed by atoms with E-state index in [2.05, 4.69) is 5.32 Å². The molecule has 0 aromatic heterocycles. The quantitative estimate of drug-likeness (QED) is 0.439. The Hall–Kier alpha value is -1.07. The van der Waals surface area contributed by atoms with Crippen molar-refractivity contribution in [2.45, 2.75) is 0 Å². The average Bonchev–Trinajstić information content (AvgIpc) is 1.69. The van der Waals surface area contributed by atoms with Crippen LogP contribution < -0.4 is 5.32 Å². The fourth-order valence-corrected chi connectivity index (χ4v) is 0.400. The topological polar surface area (TPSA) is 12.0 Å². The van der Waals surface area contributed by atoms with Crippen LogP contribution in [0.3, 0.4) is 0 Å². The summed E-state index contributed by atoms with van der Waals surface area (Å²) in [5.41, 5.74) is 0.791. The first kappa shape index (κ1) is 4.10. The van der Waals surface area contributed by atoms with E-state index in [-0.39, 0.29) is 0 Å². The summed E-state index contributed by atoms with van der Waals surface area (Å²) >= 11 is 0. The maximum absolute atomic E-state index is 5.34. The van der Waals surface area contributed by atoms with Gasteiger partial charge in [0.05, 0.1) is 24.6 Å². The van der Waals surface area contributed by atoms with Gasteiger partial charge in [-0.05, 0) is 0 Å². The SMILES string of the molecule is [CH+]=C1C=CNC=C1. The van der Waals surface area contributed by atoms with E-state index in [1.807, 2.05) is 0 Å². The Labute approximate surface area is 43.0 Å². The van der Waals surface area contributed by atoms with Gasteiger partial charge in [-0.1, -0.05) is 0 Å². The highest BCUT2D eigenvalue weighted by atomic mass is 14.8. The molecular formula is C6H6N+. The highest BCUT2D eigenvalue weighted by Crippen LogP contribution is 1.95. The molecule has 0 saturated heterocycles. The molecule has 1 aliphatic rings. The molecule has 0 fully saturated rings. The molecule has 34 valence electrons. The molecule has 1 heteroatoms. The lowest BCUT2D eigenvalue weighted by molar-refractivity contribution is 1.17. The highest BCUT2D eigenvalue weighted by molar-refractivity contribution is 5.28. The molecule has 1 rings (SSSR count). The first-order valence-electron chi connectivity index (χ1n) is 2.11. The molecule has 0 atom stereocenters. The zero-order valence-electron chi connectivity index (χ0n) is 3.89. The summed E-state index contributed by atoms with van der Waals surface area (Å²) < 4.78 is 0. The van der Waals surface area contributed by atoms with Gasteiger partial charge in [-0.25, -0.2) is 0 Å². The Balaban J connectivity index is 2.66. The van der Waals surface area contributed by atoms with Gasteiger partial charge in [0.15, 0.2) is 5.57 Å². The van der Waals surface area contributed by atoms with Crippen molar-refractivity contribution < 1.29 is 0 Å². The van der Waals surface area contributed by atoms with Crippen LogP contribution in [0.15, 0.2) is 30.1 Å². The Morgan fingerprint density at radius 1 is 1.29 bits per heavy atom. The molecule has 0 aromatic rings. The van der Waals surface area contributed by atoms with Crippen LogP contribution in [0, 0.1) is 6.58 Å². The second-order valence-electron chi connectivity index (χ2n) is 1.33. The van der Waals surface area contributed by atoms with E-state index < -0.39 is 0 Å². The van der Waals surface area contributed by atoms with Gasteiger partial charge in [-0.3, -0.25) is 0 Å². The number of hydrogen-bond donors (Lipinski definition) is 1. The van der Waals surface area contributed by atoms with Gasteiger partial charge in [0, 0.05) is 6.58 Å². The average molecular weight is 92.1 g/mol. The Kier molecular flexibility index (Phi) is 0.928. The van der Waals surface area contributed by atoms with E-state index in [0.717, 1.165) is 5.57 Å². The lowest BCUT2D eigenvalue weighted by Crippen LogP contribution is -1.95. The van der Waals surface area contributed by atoms with E-state index in [9.17, 15) is 0 Å². The molecule has 0 aliphatic carbocycles. The molecule has 1 N–H and O–H groups in total. The monoisotopic (exact) mass is 92.0 g/mol. The van der Waals surface area contributed by atoms with Gasteiger partial charge in [0.2, 0.25) is 0 Å². The number of rotatable bonds is 0. The molecular weight excluding hydrogens is 86.1 g/mol. The minimum Gasteiger partial charge on any atom is -0.345 e. The van der Waals surface area contributed by atoms with Crippen LogP contribution in [0.25, 0.3) is 0 Å². The zero-order valence-corrected chi connectivity index (χ0v) is 3.89. The van der Waals surface area contributed by atoms with Crippen molar-refractivity contribution in [2.24, 2.45) is 0 Å². The van der Waals surface area contributed by atoms with Gasteiger partial charge in [0.1, 0.15) is 0 Å². The van der Waals surface area contributed by atoms with E-state index in [1.54, 1.807) is 24.6 Å². The normalized spacial score (nSPS) is 16.7. The Morgan fingerprint density at radius 2 is 1.86 bits per heavy atom. The molecule has 0 bridgehead atoms. The largest absolute Gasteiger partial charge is 0.345 e. The van der Waals surface area contributed by atoms with Crippen molar-refractivity contribution >= 4 is 0 Å². The molecule has 0 unspecified atom stereocenters. The van der Waals surface area contributed by atoms with Crippen LogP contribution in [0.1, 0.15) is 0 Å². The van der Waals surface area contributed by atoms with Crippen LogP contribution in [-0.4, -0.2) is 0 Å². The summed E-state index contributed by atoms with van der Waals surface area (Å²) in [6.07, 6.45) is 7.19. The summed E-state index contributed by atoms with van der Waals surface area (Å²) in [5.74, 6) is 0. The number of dihydropyridines is 1. The highest BCUT2D eigenvalue weighted by Gasteiger charge is 1.93. The predicted molar refractivity (Wildman–Crippen MR) is 29.2 cm³/mol. The Bertz CT molecular complexity index is 117. The predicted octanol–water partition coefficient (Wildman–Crippen LogP) is 0.976. The van der Waals surface area contributed by atoms with Crippen LogP contribution in [0.2, 0.25) is 0 Å². The molecule has 0 radical (unpaired) electrons. The summed E-state index contributed by atoms with van der Waals surface area (Å²) in [7, 11) is 0. The van der Waals surface area contributed by atoms with Crippen molar-refractivity contribution in [1.29, 1.82) is 0 Å². The fraction of sp³-hybridized carbons (Fsp3) is 0. The summed E-state index contributed by atoms with van der Waals surface area (Å²) in [6, 6.07) is 0. The number of nitrogens with one attached hydrogen (secondary N) is 1. The van der Waals surface area contributed by atoms with Crippen LogP contribution in [-0.2, 0) is 0 Å². The molecule has 0 spiro atoms. The van der Waals surface area contributed by atoms with E-state index in [1.165, 1.54) is 0 Å². The lowest BCUT2D eigenvalue weighted by Gasteiger charge is -1.87. The second-order valence-corrected chi connectivity index (χ2v) is 1.33. The zero-order chi connectivity index (χ0) is 5.11. The lowest BCUT2D eigenvalue weighted by atomic mass is 10.3. The summed E-state index contributed by atoms with van der Waals surface area (Å²) in [5, 5.41) is 2.85. The molecule has 7 heavy (non-hydrogen) atoms. The van der Waals surface area contributed by atoms with Gasteiger partial charge in [-0.2, -0.15) is 0 Å². The van der Waals surface area contributed by atoms with Gasteiger partial charge in [0.25, 0.3) is 0 Å². The van der Waals surface area contributed by atoms with Crippen LogP contribution in [0.5, 0.6) is 0 Å². The van der Waals surface area contributed by atoms with E-state index in [0.29, 0.717) is 0 Å². The Morgan fingerprint density at radius 3 is 2.14 bits per heavy atom. The van der Waals surface area contributed by atoms with Gasteiger partial charge in [-0.15, -0.1) is 0 Å². The molecule has 0 amide bonds. The maximum atomic E-state index is 5.34. The number of hydrogen-bond acceptors (Lipinski definition) is 1. The van der Waals surface area contributed by atoms with Crippen molar-refractivity contribution in [3.63, 3.8) is 0 Å². The first-order valence-corrected chi connectivity index (χ1v) is 2.11. The smallest absolute Gasteiger partial charge is 0.183 e. The molecule has 0 saturated carbocycles. The second kappa shape index (κ2) is 1.59. The molecule has 1 aliphatic heterocycles. The third kappa shape index (κ3) is 0.881. The standard InChI is InChI=1S/C6H6N/c1-6-2-4-7-5-3-6/h1-5,7H/q+1.